The van der Waals surface area contributed by atoms with E-state index in [2.05, 4.69) is 9.29 Å². The first-order valence-corrected chi connectivity index (χ1v) is 10.4. The van der Waals surface area contributed by atoms with Crippen molar-refractivity contribution in [3.05, 3.63) is 42.5 Å². The number of fused-ring (bicyclic) bond motifs is 1. The number of nitrogens with one attached hydrogen (secondary N) is 1. The van der Waals surface area contributed by atoms with Gasteiger partial charge in [-0.25, -0.2) is 12.8 Å². The molecule has 27 heavy (non-hydrogen) atoms. The molecule has 0 fully saturated rings. The van der Waals surface area contributed by atoms with Crippen molar-refractivity contribution in [2.45, 2.75) is 13.5 Å². The van der Waals surface area contributed by atoms with Crippen LogP contribution in [0.4, 0.5) is 15.8 Å². The van der Waals surface area contributed by atoms with Crippen molar-refractivity contribution in [2.75, 3.05) is 30.0 Å². The van der Waals surface area contributed by atoms with Crippen molar-refractivity contribution in [3.8, 4) is 17.0 Å². The Morgan fingerprint density at radius 3 is 2.48 bits per heavy atom. The van der Waals surface area contributed by atoms with Gasteiger partial charge in [-0.2, -0.15) is 0 Å². The topological polar surface area (TPSA) is 86.4 Å². The zero-order chi connectivity index (χ0) is 19.6. The molecule has 0 aliphatic heterocycles. The van der Waals surface area contributed by atoms with E-state index in [-0.39, 0.29) is 6.61 Å². The van der Waals surface area contributed by atoms with Crippen LogP contribution in [-0.2, 0) is 16.6 Å². The summed E-state index contributed by atoms with van der Waals surface area (Å²) in [5.74, 6) is 0.589. The van der Waals surface area contributed by atoms with Crippen LogP contribution in [0.1, 0.15) is 6.92 Å². The average Bonchev–Trinajstić information content (AvgIpc) is 2.91. The molecule has 6 nitrogen and oxygen atoms in total. The van der Waals surface area contributed by atoms with Crippen LogP contribution < -0.4 is 15.2 Å². The van der Waals surface area contributed by atoms with Gasteiger partial charge in [0.05, 0.1) is 23.2 Å². The van der Waals surface area contributed by atoms with Gasteiger partial charge in [-0.3, -0.25) is 4.72 Å². The third-order valence-corrected chi connectivity index (χ3v) is 4.81. The summed E-state index contributed by atoms with van der Waals surface area (Å²) in [6.45, 7) is 2.15. The molecular weight excluding hydrogens is 369 g/mol. The second-order valence-corrected chi connectivity index (χ2v) is 7.92. The van der Waals surface area contributed by atoms with Gasteiger partial charge < -0.3 is 15.0 Å². The molecule has 1 aromatic heterocycles. The molecule has 0 unspecified atom stereocenters. The second kappa shape index (κ2) is 7.48. The normalized spacial score (nSPS) is 11.7. The molecule has 8 heteroatoms. The van der Waals surface area contributed by atoms with Gasteiger partial charge in [0.2, 0.25) is 10.0 Å². The number of aromatic nitrogens is 1. The third-order valence-electron chi connectivity index (χ3n) is 4.20. The van der Waals surface area contributed by atoms with E-state index in [1.165, 1.54) is 0 Å². The fourth-order valence-corrected chi connectivity index (χ4v) is 3.72. The lowest BCUT2D eigenvalue weighted by molar-refractivity contribution is 0.273. The summed E-state index contributed by atoms with van der Waals surface area (Å²) in [6.07, 6.45) is 1.11. The molecule has 0 spiro atoms. The summed E-state index contributed by atoms with van der Waals surface area (Å²) in [7, 11) is -3.33. The van der Waals surface area contributed by atoms with E-state index in [1.54, 1.807) is 18.2 Å². The van der Waals surface area contributed by atoms with Gasteiger partial charge in [-0.15, -0.1) is 0 Å². The van der Waals surface area contributed by atoms with E-state index in [1.807, 2.05) is 31.2 Å². The quantitative estimate of drug-likeness (QED) is 0.644. The highest BCUT2D eigenvalue weighted by molar-refractivity contribution is 7.92. The van der Waals surface area contributed by atoms with E-state index < -0.39 is 16.7 Å². The van der Waals surface area contributed by atoms with E-state index >= 15 is 0 Å². The van der Waals surface area contributed by atoms with Crippen LogP contribution in [0.25, 0.3) is 22.2 Å². The van der Waals surface area contributed by atoms with Crippen molar-refractivity contribution in [2.24, 2.45) is 0 Å². The van der Waals surface area contributed by atoms with Gasteiger partial charge in [-0.05, 0) is 31.2 Å². The highest BCUT2D eigenvalue weighted by Gasteiger charge is 2.16. The number of alkyl halides is 1. The lowest BCUT2D eigenvalue weighted by atomic mass is 10.1. The van der Waals surface area contributed by atoms with Crippen molar-refractivity contribution < 1.29 is 17.5 Å². The number of halogens is 1. The fourth-order valence-electron chi connectivity index (χ4n) is 3.15. The lowest BCUT2D eigenvalue weighted by Crippen LogP contribution is -2.09. The minimum Gasteiger partial charge on any atom is -0.491 e. The number of anilines is 2. The Hall–Kier alpha value is -2.74. The molecule has 2 aromatic carbocycles. The minimum absolute atomic E-state index is 0.00940. The molecule has 0 amide bonds. The Balaban J connectivity index is 2.06. The molecular formula is C19H22FN3O3S. The summed E-state index contributed by atoms with van der Waals surface area (Å²) >= 11 is 0. The SMILES string of the molecule is CCn1c(-c2ccc(NS(C)(=O)=O)cc2)c(N)c2ccc(OCCF)cc21. The highest BCUT2D eigenvalue weighted by Crippen LogP contribution is 2.38. The predicted octanol–water partition coefficient (Wildman–Crippen LogP) is 3.63. The van der Waals surface area contributed by atoms with Crippen LogP contribution >= 0.6 is 0 Å². The van der Waals surface area contributed by atoms with Gasteiger partial charge >= 0.3 is 0 Å². The van der Waals surface area contributed by atoms with Crippen molar-refractivity contribution in [3.63, 3.8) is 0 Å². The molecule has 1 heterocycles. The van der Waals surface area contributed by atoms with Crippen molar-refractivity contribution in [1.29, 1.82) is 0 Å². The first-order valence-electron chi connectivity index (χ1n) is 8.52. The largest absolute Gasteiger partial charge is 0.491 e. The summed E-state index contributed by atoms with van der Waals surface area (Å²) in [5.41, 5.74) is 10.1. The van der Waals surface area contributed by atoms with Gasteiger partial charge in [-0.1, -0.05) is 12.1 Å². The Kier molecular flexibility index (Phi) is 5.27. The first kappa shape index (κ1) is 19.0. The monoisotopic (exact) mass is 391 g/mol. The Bertz CT molecular complexity index is 1060. The van der Waals surface area contributed by atoms with E-state index in [0.29, 0.717) is 23.7 Å². The molecule has 144 valence electrons. The molecule has 3 rings (SSSR count). The van der Waals surface area contributed by atoms with Crippen LogP contribution in [0.3, 0.4) is 0 Å². The molecule has 0 radical (unpaired) electrons. The Labute approximate surface area is 157 Å². The number of rotatable bonds is 7. The summed E-state index contributed by atoms with van der Waals surface area (Å²) < 4.78 is 45.0. The Morgan fingerprint density at radius 2 is 1.89 bits per heavy atom. The van der Waals surface area contributed by atoms with E-state index in [0.717, 1.165) is 28.4 Å². The van der Waals surface area contributed by atoms with Crippen molar-refractivity contribution >= 4 is 32.3 Å². The number of nitrogens with two attached hydrogens (primary N) is 1. The number of aryl methyl sites for hydroxylation is 1. The number of hydrogen-bond donors (Lipinski definition) is 2. The maximum Gasteiger partial charge on any atom is 0.229 e. The molecule has 0 saturated carbocycles. The average molecular weight is 391 g/mol. The smallest absolute Gasteiger partial charge is 0.229 e. The van der Waals surface area contributed by atoms with Crippen molar-refractivity contribution in [1.82, 2.24) is 4.57 Å². The summed E-state index contributed by atoms with van der Waals surface area (Å²) in [6, 6.07) is 12.5. The molecule has 0 aliphatic carbocycles. The molecule has 0 saturated heterocycles. The number of ether oxygens (including phenoxy) is 1. The first-order chi connectivity index (χ1) is 12.8. The zero-order valence-electron chi connectivity index (χ0n) is 15.2. The minimum atomic E-state index is -3.33. The van der Waals surface area contributed by atoms with Crippen LogP contribution in [0, 0.1) is 0 Å². The fraction of sp³-hybridized carbons (Fsp3) is 0.263. The number of sulfonamides is 1. The molecule has 3 N–H and O–H groups in total. The number of nitrogens with zero attached hydrogens (tertiary/aromatic N) is 1. The lowest BCUT2D eigenvalue weighted by Gasteiger charge is -2.11. The van der Waals surface area contributed by atoms with Crippen LogP contribution in [-0.4, -0.2) is 32.5 Å². The number of benzene rings is 2. The standard InChI is InChI=1S/C19H22FN3O3S/c1-3-23-17-12-15(26-11-10-20)8-9-16(17)18(21)19(23)13-4-6-14(7-5-13)22-27(2,24)25/h4-9,12,22H,3,10-11,21H2,1-2H3. The van der Waals surface area contributed by atoms with Crippen LogP contribution in [0.2, 0.25) is 0 Å². The Morgan fingerprint density at radius 1 is 1.19 bits per heavy atom. The van der Waals surface area contributed by atoms with Gasteiger partial charge in [0, 0.05) is 29.2 Å². The maximum absolute atomic E-state index is 12.4. The summed E-state index contributed by atoms with van der Waals surface area (Å²) in [5, 5.41) is 0.887. The second-order valence-electron chi connectivity index (χ2n) is 6.17. The van der Waals surface area contributed by atoms with Gasteiger partial charge in [0.15, 0.2) is 0 Å². The predicted molar refractivity (Wildman–Crippen MR) is 107 cm³/mol. The molecule has 0 atom stereocenters. The van der Waals surface area contributed by atoms with Crippen LogP contribution in [0.15, 0.2) is 42.5 Å². The highest BCUT2D eigenvalue weighted by atomic mass is 32.2. The van der Waals surface area contributed by atoms with Crippen LogP contribution in [0.5, 0.6) is 5.75 Å². The maximum atomic E-state index is 12.4. The van der Waals surface area contributed by atoms with Gasteiger partial charge in [0.25, 0.3) is 0 Å². The summed E-state index contributed by atoms with van der Waals surface area (Å²) in [4.78, 5) is 0. The molecule has 3 aromatic rings. The molecule has 0 bridgehead atoms. The number of nitrogen functional groups attached to an aromatic ring is 1. The van der Waals surface area contributed by atoms with Gasteiger partial charge in [0.1, 0.15) is 19.0 Å². The number of hydrogen-bond acceptors (Lipinski definition) is 4. The van der Waals surface area contributed by atoms with E-state index in [9.17, 15) is 12.8 Å². The third kappa shape index (κ3) is 4.00. The van der Waals surface area contributed by atoms with E-state index in [4.69, 9.17) is 10.5 Å². The molecule has 0 aliphatic rings. The zero-order valence-corrected chi connectivity index (χ0v) is 16.0.